The fourth-order valence-corrected chi connectivity index (χ4v) is 2.57. The highest BCUT2D eigenvalue weighted by Crippen LogP contribution is 2.17. The molecule has 0 saturated carbocycles. The summed E-state index contributed by atoms with van der Waals surface area (Å²) in [4.78, 5) is 14.4. The first-order valence-corrected chi connectivity index (χ1v) is 8.92. The van der Waals surface area contributed by atoms with Crippen molar-refractivity contribution in [2.75, 3.05) is 26.2 Å². The minimum absolute atomic E-state index is 0.166. The van der Waals surface area contributed by atoms with Gasteiger partial charge in [-0.1, -0.05) is 31.5 Å². The molecule has 0 spiro atoms. The van der Waals surface area contributed by atoms with Gasteiger partial charge in [0.1, 0.15) is 11.4 Å². The summed E-state index contributed by atoms with van der Waals surface area (Å²) in [5, 5.41) is 7.74. The average Bonchev–Trinajstić information content (AvgIpc) is 3.09. The van der Waals surface area contributed by atoms with Crippen molar-refractivity contribution in [2.24, 2.45) is 0 Å². The first-order chi connectivity index (χ1) is 12.1. The Labute approximate surface area is 153 Å². The Morgan fingerprint density at radius 2 is 2.12 bits per heavy atom. The predicted octanol–water partition coefficient (Wildman–Crippen LogP) is 3.03. The van der Waals surface area contributed by atoms with E-state index in [0.29, 0.717) is 23.0 Å². The number of nitrogens with zero attached hydrogens (tertiary/aromatic N) is 3. The van der Waals surface area contributed by atoms with Crippen molar-refractivity contribution in [3.8, 4) is 5.75 Å². The average molecular weight is 365 g/mol. The summed E-state index contributed by atoms with van der Waals surface area (Å²) in [7, 11) is 0. The summed E-state index contributed by atoms with van der Waals surface area (Å²) in [6, 6.07) is 8.83. The number of nitrogens with one attached hydrogen (secondary N) is 1. The monoisotopic (exact) mass is 364 g/mol. The molecule has 0 radical (unpaired) electrons. The molecule has 1 N–H and O–H groups in total. The molecule has 0 saturated heterocycles. The molecular formula is C18H25ClN4O2. The highest BCUT2D eigenvalue weighted by atomic mass is 35.5. The van der Waals surface area contributed by atoms with E-state index in [1.54, 1.807) is 29.1 Å². The molecule has 1 aromatic carbocycles. The van der Waals surface area contributed by atoms with Gasteiger partial charge in [-0.3, -0.25) is 4.79 Å². The van der Waals surface area contributed by atoms with Crippen LogP contribution in [-0.2, 0) is 6.73 Å². The smallest absolute Gasteiger partial charge is 0.271 e. The molecule has 7 heteroatoms. The van der Waals surface area contributed by atoms with Gasteiger partial charge in [-0.15, -0.1) is 0 Å². The zero-order valence-electron chi connectivity index (χ0n) is 14.7. The highest BCUT2D eigenvalue weighted by molar-refractivity contribution is 6.30. The number of benzene rings is 1. The van der Waals surface area contributed by atoms with Crippen molar-refractivity contribution in [2.45, 2.75) is 27.0 Å². The number of carbonyl (C=O) groups is 1. The fraction of sp³-hybridized carbons (Fsp3) is 0.444. The molecular weight excluding hydrogens is 340 g/mol. The van der Waals surface area contributed by atoms with Gasteiger partial charge in [0, 0.05) is 17.8 Å². The van der Waals surface area contributed by atoms with Crippen molar-refractivity contribution in [3.63, 3.8) is 0 Å². The van der Waals surface area contributed by atoms with Crippen LogP contribution < -0.4 is 10.1 Å². The van der Waals surface area contributed by atoms with Gasteiger partial charge in [-0.05, 0) is 50.3 Å². The normalized spacial score (nSPS) is 10.9. The van der Waals surface area contributed by atoms with Crippen LogP contribution >= 0.6 is 11.6 Å². The van der Waals surface area contributed by atoms with E-state index in [-0.39, 0.29) is 12.6 Å². The molecule has 1 amide bonds. The van der Waals surface area contributed by atoms with E-state index in [0.717, 1.165) is 26.1 Å². The van der Waals surface area contributed by atoms with Gasteiger partial charge in [0.05, 0.1) is 0 Å². The minimum atomic E-state index is -0.166. The van der Waals surface area contributed by atoms with E-state index < -0.39 is 0 Å². The van der Waals surface area contributed by atoms with Crippen LogP contribution in [0.1, 0.15) is 30.8 Å². The maximum absolute atomic E-state index is 12.1. The molecule has 0 aliphatic carbocycles. The molecule has 0 fully saturated rings. The van der Waals surface area contributed by atoms with Crippen molar-refractivity contribution >= 4 is 17.5 Å². The van der Waals surface area contributed by atoms with Crippen LogP contribution in [0.3, 0.4) is 0 Å². The lowest BCUT2D eigenvalue weighted by atomic mass is 10.3. The zero-order chi connectivity index (χ0) is 18.1. The summed E-state index contributed by atoms with van der Waals surface area (Å²) in [6.45, 7) is 8.18. The van der Waals surface area contributed by atoms with E-state index in [2.05, 4.69) is 29.2 Å². The Morgan fingerprint density at radius 1 is 1.32 bits per heavy atom. The molecule has 136 valence electrons. The number of hydrogen-bond acceptors (Lipinski definition) is 4. The summed E-state index contributed by atoms with van der Waals surface area (Å²) >= 11 is 5.91. The van der Waals surface area contributed by atoms with Crippen LogP contribution in [0.15, 0.2) is 36.5 Å². The van der Waals surface area contributed by atoms with Crippen molar-refractivity contribution in [3.05, 3.63) is 47.2 Å². The summed E-state index contributed by atoms with van der Waals surface area (Å²) < 4.78 is 7.17. The van der Waals surface area contributed by atoms with Crippen LogP contribution in [0.2, 0.25) is 5.02 Å². The Balaban J connectivity index is 1.75. The van der Waals surface area contributed by atoms with Crippen molar-refractivity contribution < 1.29 is 9.53 Å². The second-order valence-electron chi connectivity index (χ2n) is 5.61. The molecule has 1 heterocycles. The molecule has 0 unspecified atom stereocenters. The van der Waals surface area contributed by atoms with Gasteiger partial charge >= 0.3 is 0 Å². The van der Waals surface area contributed by atoms with Crippen molar-refractivity contribution in [1.82, 2.24) is 20.0 Å². The third-order valence-electron chi connectivity index (χ3n) is 3.86. The summed E-state index contributed by atoms with van der Waals surface area (Å²) in [5.74, 6) is 0.492. The topological polar surface area (TPSA) is 59.4 Å². The summed E-state index contributed by atoms with van der Waals surface area (Å²) in [6.07, 6.45) is 2.64. The standard InChI is InChI=1S/C18H25ClN4O2/c1-3-22(4-2)11-6-10-20-18(24)17-9-12-23(21-17)14-25-16-8-5-7-15(19)13-16/h5,7-9,12-13H,3-4,6,10-11,14H2,1-2H3,(H,20,24). The fourth-order valence-electron chi connectivity index (χ4n) is 2.39. The van der Waals surface area contributed by atoms with E-state index in [1.807, 2.05) is 12.1 Å². The highest BCUT2D eigenvalue weighted by Gasteiger charge is 2.09. The molecule has 2 aromatic rings. The Hall–Kier alpha value is -2.05. The van der Waals surface area contributed by atoms with Crippen LogP contribution in [0.5, 0.6) is 5.75 Å². The lowest BCUT2D eigenvalue weighted by Crippen LogP contribution is -2.30. The number of hydrogen-bond donors (Lipinski definition) is 1. The van der Waals surface area contributed by atoms with Gasteiger partial charge in [0.25, 0.3) is 5.91 Å². The largest absolute Gasteiger partial charge is 0.471 e. The maximum atomic E-state index is 12.1. The number of aromatic nitrogens is 2. The Morgan fingerprint density at radius 3 is 2.84 bits per heavy atom. The van der Waals surface area contributed by atoms with E-state index in [4.69, 9.17) is 16.3 Å². The van der Waals surface area contributed by atoms with Crippen LogP contribution in [-0.4, -0.2) is 46.8 Å². The molecule has 2 rings (SSSR count). The number of ether oxygens (including phenoxy) is 1. The lowest BCUT2D eigenvalue weighted by molar-refractivity contribution is 0.0945. The molecule has 0 atom stereocenters. The molecule has 0 aliphatic rings. The second kappa shape index (κ2) is 10.1. The predicted molar refractivity (Wildman–Crippen MR) is 99.0 cm³/mol. The lowest BCUT2D eigenvalue weighted by Gasteiger charge is -2.17. The maximum Gasteiger partial charge on any atom is 0.271 e. The minimum Gasteiger partial charge on any atom is -0.471 e. The third kappa shape index (κ3) is 6.40. The van der Waals surface area contributed by atoms with Crippen LogP contribution in [0.25, 0.3) is 0 Å². The van der Waals surface area contributed by atoms with Crippen LogP contribution in [0.4, 0.5) is 0 Å². The molecule has 1 aromatic heterocycles. The van der Waals surface area contributed by atoms with Gasteiger partial charge in [-0.2, -0.15) is 5.10 Å². The quantitative estimate of drug-likeness (QED) is 0.658. The number of carbonyl (C=O) groups excluding carboxylic acids is 1. The van der Waals surface area contributed by atoms with Crippen LogP contribution in [0, 0.1) is 0 Å². The Kier molecular flexibility index (Phi) is 7.76. The number of amides is 1. The van der Waals surface area contributed by atoms with E-state index in [1.165, 1.54) is 0 Å². The molecule has 0 aliphatic heterocycles. The van der Waals surface area contributed by atoms with Crippen molar-refractivity contribution in [1.29, 1.82) is 0 Å². The second-order valence-corrected chi connectivity index (χ2v) is 6.04. The number of rotatable bonds is 10. The first-order valence-electron chi connectivity index (χ1n) is 8.54. The SMILES string of the molecule is CCN(CC)CCCNC(=O)c1ccn(COc2cccc(Cl)c2)n1. The summed E-state index contributed by atoms with van der Waals surface area (Å²) in [5.41, 5.74) is 0.387. The number of halogens is 1. The van der Waals surface area contributed by atoms with E-state index in [9.17, 15) is 4.79 Å². The van der Waals surface area contributed by atoms with Gasteiger partial charge in [0.2, 0.25) is 0 Å². The first kappa shape index (κ1) is 19.3. The van der Waals surface area contributed by atoms with Gasteiger partial charge in [-0.25, -0.2) is 4.68 Å². The molecule has 6 nitrogen and oxygen atoms in total. The van der Waals surface area contributed by atoms with Gasteiger partial charge < -0.3 is 15.0 Å². The van der Waals surface area contributed by atoms with Gasteiger partial charge in [0.15, 0.2) is 6.73 Å². The zero-order valence-corrected chi connectivity index (χ0v) is 15.5. The van der Waals surface area contributed by atoms with E-state index >= 15 is 0 Å². The Bertz CT molecular complexity index is 671. The molecule has 25 heavy (non-hydrogen) atoms. The third-order valence-corrected chi connectivity index (χ3v) is 4.10. The molecule has 0 bridgehead atoms.